The zero-order chi connectivity index (χ0) is 37.2. The third-order valence-corrected chi connectivity index (χ3v) is 11.2. The number of aliphatic hydroxyl groups is 1. The van der Waals surface area contributed by atoms with E-state index in [0.717, 1.165) is 24.8 Å². The highest BCUT2D eigenvalue weighted by Gasteiger charge is 2.33. The number of benzene rings is 3. The second-order valence-corrected chi connectivity index (χ2v) is 15.7. The van der Waals surface area contributed by atoms with Crippen LogP contribution in [0.4, 0.5) is 17.1 Å². The molecule has 0 radical (unpaired) electrons. The highest BCUT2D eigenvalue weighted by atomic mass is 35.5. The standard InChI is InChI=1S/C41H56ClN3O6S/c1-2-3-4-5-6-7-8-9-10-11-12-13-14-15-16-21-30-51-38-27-26-33(52(49,50)44-35-24-19-18-23-34(35)42)31-36(38)43-40(47)39(46)41(48)45-29-28-32-22-17-20-25-37(32)45/h17-20,22-27,31,39,44,46H,2-16,21,28-30H2,1H3,(H,43,47). The minimum atomic E-state index is -4.13. The highest BCUT2D eigenvalue weighted by molar-refractivity contribution is 7.92. The Hall–Kier alpha value is -3.60. The van der Waals surface area contributed by atoms with Crippen molar-refractivity contribution in [2.75, 3.05) is 28.1 Å². The number of unbranched alkanes of at least 4 members (excludes halogenated alkanes) is 15. The van der Waals surface area contributed by atoms with Gasteiger partial charge < -0.3 is 20.1 Å². The van der Waals surface area contributed by atoms with Crippen LogP contribution in [0.2, 0.25) is 5.02 Å². The molecule has 0 aromatic heterocycles. The number of hydrogen-bond acceptors (Lipinski definition) is 6. The topological polar surface area (TPSA) is 125 Å². The molecule has 11 heteroatoms. The molecule has 1 heterocycles. The summed E-state index contributed by atoms with van der Waals surface area (Å²) in [6.07, 6.45) is 18.7. The molecule has 284 valence electrons. The molecule has 1 aliphatic heterocycles. The molecule has 0 saturated carbocycles. The van der Waals surface area contributed by atoms with E-state index in [-0.39, 0.29) is 27.0 Å². The summed E-state index contributed by atoms with van der Waals surface area (Å²) in [5.41, 5.74) is 1.83. The summed E-state index contributed by atoms with van der Waals surface area (Å²) in [7, 11) is -4.13. The van der Waals surface area contributed by atoms with E-state index < -0.39 is 27.9 Å². The van der Waals surface area contributed by atoms with Crippen molar-refractivity contribution >= 4 is 50.5 Å². The van der Waals surface area contributed by atoms with Crippen LogP contribution in [0.5, 0.6) is 5.75 Å². The highest BCUT2D eigenvalue weighted by Crippen LogP contribution is 2.32. The molecule has 0 bridgehead atoms. The van der Waals surface area contributed by atoms with E-state index in [1.807, 2.05) is 12.1 Å². The first-order valence-corrected chi connectivity index (χ1v) is 21.0. The summed E-state index contributed by atoms with van der Waals surface area (Å²) in [6.45, 7) is 2.96. The molecular formula is C41H56ClN3O6S. The maximum Gasteiger partial charge on any atom is 0.265 e. The number of anilines is 3. The molecular weight excluding hydrogens is 698 g/mol. The molecule has 1 atom stereocenters. The van der Waals surface area contributed by atoms with Gasteiger partial charge in [0, 0.05) is 12.2 Å². The van der Waals surface area contributed by atoms with Gasteiger partial charge in [0.15, 0.2) is 0 Å². The van der Waals surface area contributed by atoms with Crippen LogP contribution < -0.4 is 19.7 Å². The normalized spacial score (nSPS) is 13.1. The Morgan fingerprint density at radius 1 is 0.788 bits per heavy atom. The van der Waals surface area contributed by atoms with Gasteiger partial charge in [-0.2, -0.15) is 0 Å². The van der Waals surface area contributed by atoms with Gasteiger partial charge in [0.1, 0.15) is 5.75 Å². The summed E-state index contributed by atoms with van der Waals surface area (Å²) in [6, 6.07) is 17.9. The third kappa shape index (κ3) is 12.8. The number of nitrogens with zero attached hydrogens (tertiary/aromatic N) is 1. The molecule has 0 saturated heterocycles. The van der Waals surface area contributed by atoms with E-state index >= 15 is 0 Å². The van der Waals surface area contributed by atoms with Gasteiger partial charge in [-0.25, -0.2) is 8.42 Å². The van der Waals surface area contributed by atoms with Crippen LogP contribution in [-0.2, 0) is 26.0 Å². The van der Waals surface area contributed by atoms with Gasteiger partial charge in [-0.3, -0.25) is 14.3 Å². The number of sulfonamides is 1. The summed E-state index contributed by atoms with van der Waals surface area (Å²) < 4.78 is 35.1. The van der Waals surface area contributed by atoms with Crippen LogP contribution in [0, 0.1) is 0 Å². The van der Waals surface area contributed by atoms with Crippen LogP contribution in [0.25, 0.3) is 0 Å². The average Bonchev–Trinajstić information content (AvgIpc) is 3.58. The van der Waals surface area contributed by atoms with Crippen molar-refractivity contribution in [3.8, 4) is 5.75 Å². The molecule has 0 fully saturated rings. The van der Waals surface area contributed by atoms with Crippen molar-refractivity contribution in [1.29, 1.82) is 0 Å². The lowest BCUT2D eigenvalue weighted by Gasteiger charge is -2.21. The first-order chi connectivity index (χ1) is 25.2. The number of nitrogens with one attached hydrogen (secondary N) is 2. The maximum absolute atomic E-state index is 13.3. The van der Waals surface area contributed by atoms with Crippen molar-refractivity contribution in [3.05, 3.63) is 77.3 Å². The Morgan fingerprint density at radius 3 is 2.00 bits per heavy atom. The summed E-state index contributed by atoms with van der Waals surface area (Å²) in [4.78, 5) is 27.7. The van der Waals surface area contributed by atoms with E-state index in [0.29, 0.717) is 25.3 Å². The van der Waals surface area contributed by atoms with Gasteiger partial charge in [0.05, 0.1) is 27.9 Å². The number of para-hydroxylation sites is 2. The smallest absolute Gasteiger partial charge is 0.265 e. The number of halogens is 1. The quantitative estimate of drug-likeness (QED) is 0.0618. The van der Waals surface area contributed by atoms with E-state index in [1.54, 1.807) is 30.3 Å². The van der Waals surface area contributed by atoms with E-state index in [1.165, 1.54) is 113 Å². The van der Waals surface area contributed by atoms with E-state index in [4.69, 9.17) is 16.3 Å². The molecule has 0 aliphatic carbocycles. The fourth-order valence-electron chi connectivity index (χ4n) is 6.51. The number of aliphatic hydroxyl groups excluding tert-OH is 1. The van der Waals surface area contributed by atoms with Gasteiger partial charge in [0.25, 0.3) is 21.8 Å². The molecule has 3 N–H and O–H groups in total. The first kappa shape index (κ1) is 41.2. The predicted molar refractivity (Wildman–Crippen MR) is 211 cm³/mol. The molecule has 0 spiro atoms. The summed E-state index contributed by atoms with van der Waals surface area (Å²) >= 11 is 6.19. The SMILES string of the molecule is CCCCCCCCCCCCCCCCCCOc1ccc(S(=O)(=O)Nc2ccccc2Cl)cc1NC(=O)C(O)C(=O)N1CCc2ccccc21. The summed E-state index contributed by atoms with van der Waals surface area (Å²) in [5, 5.41) is 13.6. The molecule has 4 rings (SSSR count). The minimum Gasteiger partial charge on any atom is -0.491 e. The third-order valence-electron chi connectivity index (χ3n) is 9.53. The number of ether oxygens (including phenoxy) is 1. The number of hydrogen-bond donors (Lipinski definition) is 3. The zero-order valence-electron chi connectivity index (χ0n) is 30.6. The molecule has 1 aliphatic rings. The lowest BCUT2D eigenvalue weighted by atomic mass is 10.0. The van der Waals surface area contributed by atoms with Gasteiger partial charge in [-0.1, -0.05) is 145 Å². The molecule has 2 amide bonds. The Kier molecular flexibility index (Phi) is 17.3. The minimum absolute atomic E-state index is 0.0252. The monoisotopic (exact) mass is 753 g/mol. The zero-order valence-corrected chi connectivity index (χ0v) is 32.2. The van der Waals surface area contributed by atoms with Crippen LogP contribution in [0.1, 0.15) is 115 Å². The maximum atomic E-state index is 13.3. The number of carbonyl (C=O) groups is 2. The fourth-order valence-corrected chi connectivity index (χ4v) is 7.85. The number of fused-ring (bicyclic) bond motifs is 1. The Bertz CT molecular complexity index is 1680. The lowest BCUT2D eigenvalue weighted by molar-refractivity contribution is -0.136. The van der Waals surface area contributed by atoms with Crippen molar-refractivity contribution in [2.45, 2.75) is 127 Å². The second kappa shape index (κ2) is 21.8. The van der Waals surface area contributed by atoms with Crippen LogP contribution in [0.3, 0.4) is 0 Å². The fraction of sp³-hybridized carbons (Fsp3) is 0.512. The van der Waals surface area contributed by atoms with Crippen molar-refractivity contribution in [3.63, 3.8) is 0 Å². The van der Waals surface area contributed by atoms with Crippen LogP contribution in [-0.4, -0.2) is 44.6 Å². The summed E-state index contributed by atoms with van der Waals surface area (Å²) in [5.74, 6) is -1.52. The molecule has 52 heavy (non-hydrogen) atoms. The largest absolute Gasteiger partial charge is 0.491 e. The second-order valence-electron chi connectivity index (χ2n) is 13.7. The van der Waals surface area contributed by atoms with Crippen LogP contribution >= 0.6 is 11.6 Å². The van der Waals surface area contributed by atoms with Crippen molar-refractivity contribution in [1.82, 2.24) is 0 Å². The Balaban J connectivity index is 1.28. The number of carbonyl (C=O) groups excluding carboxylic acids is 2. The average molecular weight is 754 g/mol. The van der Waals surface area contributed by atoms with Gasteiger partial charge in [-0.15, -0.1) is 0 Å². The van der Waals surface area contributed by atoms with Crippen LogP contribution in [0.15, 0.2) is 71.6 Å². The Labute approximate surface area is 315 Å². The number of rotatable bonds is 24. The molecule has 1 unspecified atom stereocenters. The van der Waals surface area contributed by atoms with Crippen molar-refractivity contribution < 1.29 is 27.9 Å². The van der Waals surface area contributed by atoms with Gasteiger partial charge >= 0.3 is 0 Å². The molecule has 3 aromatic carbocycles. The van der Waals surface area contributed by atoms with E-state index in [2.05, 4.69) is 17.0 Å². The molecule has 3 aromatic rings. The number of amides is 2. The Morgan fingerprint density at radius 2 is 1.37 bits per heavy atom. The predicted octanol–water partition coefficient (Wildman–Crippen LogP) is 9.67. The van der Waals surface area contributed by atoms with Crippen molar-refractivity contribution in [2.24, 2.45) is 0 Å². The lowest BCUT2D eigenvalue weighted by Crippen LogP contribution is -2.44. The molecule has 9 nitrogen and oxygen atoms in total. The van der Waals surface area contributed by atoms with Gasteiger partial charge in [-0.05, 0) is 54.8 Å². The van der Waals surface area contributed by atoms with E-state index in [9.17, 15) is 23.1 Å². The van der Waals surface area contributed by atoms with Gasteiger partial charge in [0.2, 0.25) is 6.10 Å². The first-order valence-electron chi connectivity index (χ1n) is 19.1.